The molecule has 0 aliphatic carbocycles. The summed E-state index contributed by atoms with van der Waals surface area (Å²) in [6.07, 6.45) is 1.20. The van der Waals surface area contributed by atoms with Crippen LogP contribution in [0.2, 0.25) is 0 Å². The summed E-state index contributed by atoms with van der Waals surface area (Å²) < 4.78 is 5.50. The molecule has 3 rings (SSSR count). The van der Waals surface area contributed by atoms with Gasteiger partial charge in [0.05, 0.1) is 20.1 Å². The Morgan fingerprint density at radius 3 is 2.27 bits per heavy atom. The van der Waals surface area contributed by atoms with Gasteiger partial charge in [0.25, 0.3) is 5.91 Å². The molecule has 1 N–H and O–H groups in total. The van der Waals surface area contributed by atoms with Gasteiger partial charge in [0, 0.05) is 22.9 Å². The third kappa shape index (κ3) is 6.45. The number of amides is 2. The summed E-state index contributed by atoms with van der Waals surface area (Å²) in [6.45, 7) is 6.40. The predicted molar refractivity (Wildman–Crippen MR) is 133 cm³/mol. The van der Waals surface area contributed by atoms with Crippen molar-refractivity contribution in [2.45, 2.75) is 46.2 Å². The molecule has 5 nitrogen and oxygen atoms in total. The first-order chi connectivity index (χ1) is 15.9. The summed E-state index contributed by atoms with van der Waals surface area (Å²) in [6, 6.07) is 23.0. The SMILES string of the molecule is CCC(C)NC(=O)Cc1ccc(N(Cc2ccccc2OC)C(=O)c2ccc(C)cc2)cc1. The molecular formula is C28H32N2O3. The molecule has 0 saturated heterocycles. The van der Waals surface area contributed by atoms with Crippen molar-refractivity contribution in [1.82, 2.24) is 5.32 Å². The second-order valence-electron chi connectivity index (χ2n) is 8.29. The standard InChI is InChI=1S/C28H32N2O3/c1-5-21(3)29-27(31)18-22-12-16-25(17-13-22)30(19-24-8-6-7-9-26(24)33-4)28(32)23-14-10-20(2)11-15-23/h6-17,21H,5,18-19H2,1-4H3,(H,29,31). The van der Waals surface area contributed by atoms with Crippen molar-refractivity contribution >= 4 is 17.5 Å². The molecule has 0 heterocycles. The van der Waals surface area contributed by atoms with Crippen molar-refractivity contribution in [2.75, 3.05) is 12.0 Å². The van der Waals surface area contributed by atoms with E-state index in [0.29, 0.717) is 18.5 Å². The Labute approximate surface area is 196 Å². The van der Waals surface area contributed by atoms with Crippen molar-refractivity contribution in [2.24, 2.45) is 0 Å². The van der Waals surface area contributed by atoms with Crippen molar-refractivity contribution in [3.63, 3.8) is 0 Å². The molecule has 1 unspecified atom stereocenters. The van der Waals surface area contributed by atoms with Gasteiger partial charge in [0.2, 0.25) is 5.91 Å². The fourth-order valence-corrected chi connectivity index (χ4v) is 3.54. The van der Waals surface area contributed by atoms with Gasteiger partial charge in [-0.25, -0.2) is 0 Å². The average Bonchev–Trinajstić information content (AvgIpc) is 2.83. The highest BCUT2D eigenvalue weighted by atomic mass is 16.5. The topological polar surface area (TPSA) is 58.6 Å². The van der Waals surface area contributed by atoms with Crippen LogP contribution in [0, 0.1) is 6.92 Å². The van der Waals surface area contributed by atoms with Crippen molar-refractivity contribution < 1.29 is 14.3 Å². The van der Waals surface area contributed by atoms with Crippen LogP contribution >= 0.6 is 0 Å². The number of anilines is 1. The Kier molecular flexibility index (Phi) is 8.25. The molecule has 33 heavy (non-hydrogen) atoms. The number of aryl methyl sites for hydroxylation is 1. The summed E-state index contributed by atoms with van der Waals surface area (Å²) in [7, 11) is 1.63. The maximum Gasteiger partial charge on any atom is 0.258 e. The first-order valence-electron chi connectivity index (χ1n) is 11.3. The molecule has 0 radical (unpaired) electrons. The minimum Gasteiger partial charge on any atom is -0.496 e. The van der Waals surface area contributed by atoms with Gasteiger partial charge < -0.3 is 15.0 Å². The predicted octanol–water partition coefficient (Wildman–Crippen LogP) is 5.31. The van der Waals surface area contributed by atoms with E-state index in [4.69, 9.17) is 4.74 Å². The van der Waals surface area contributed by atoms with E-state index in [0.717, 1.165) is 34.5 Å². The number of carbonyl (C=O) groups excluding carboxylic acids is 2. The number of nitrogens with one attached hydrogen (secondary N) is 1. The quantitative estimate of drug-likeness (QED) is 0.487. The van der Waals surface area contributed by atoms with Gasteiger partial charge in [-0.2, -0.15) is 0 Å². The molecule has 0 spiro atoms. The molecule has 0 aliphatic rings. The van der Waals surface area contributed by atoms with E-state index in [-0.39, 0.29) is 17.9 Å². The van der Waals surface area contributed by atoms with Crippen molar-refractivity contribution in [1.29, 1.82) is 0 Å². The van der Waals surface area contributed by atoms with Crippen LogP contribution in [0.5, 0.6) is 5.75 Å². The number of nitrogens with zero attached hydrogens (tertiary/aromatic N) is 1. The summed E-state index contributed by atoms with van der Waals surface area (Å²) in [5, 5.41) is 2.99. The normalized spacial score (nSPS) is 11.5. The highest BCUT2D eigenvalue weighted by molar-refractivity contribution is 6.06. The maximum absolute atomic E-state index is 13.5. The molecule has 3 aromatic carbocycles. The van der Waals surface area contributed by atoms with Crippen LogP contribution in [0.15, 0.2) is 72.8 Å². The third-order valence-electron chi connectivity index (χ3n) is 5.70. The van der Waals surface area contributed by atoms with Gasteiger partial charge in [-0.15, -0.1) is 0 Å². The van der Waals surface area contributed by atoms with Gasteiger partial charge >= 0.3 is 0 Å². The van der Waals surface area contributed by atoms with Crippen molar-refractivity contribution in [3.05, 3.63) is 95.1 Å². The third-order valence-corrected chi connectivity index (χ3v) is 5.70. The number of hydrogen-bond donors (Lipinski definition) is 1. The summed E-state index contributed by atoms with van der Waals surface area (Å²) in [4.78, 5) is 27.5. The Bertz CT molecular complexity index is 1080. The lowest BCUT2D eigenvalue weighted by atomic mass is 10.1. The van der Waals surface area contributed by atoms with Crippen LogP contribution in [0.1, 0.15) is 47.3 Å². The molecule has 0 aromatic heterocycles. The molecule has 0 bridgehead atoms. The Morgan fingerprint density at radius 1 is 0.970 bits per heavy atom. The maximum atomic E-state index is 13.5. The number of carbonyl (C=O) groups is 2. The van der Waals surface area contributed by atoms with E-state index in [1.165, 1.54) is 0 Å². The van der Waals surface area contributed by atoms with Gasteiger partial charge in [0.1, 0.15) is 5.75 Å². The molecule has 0 fully saturated rings. The number of hydrogen-bond acceptors (Lipinski definition) is 3. The first-order valence-corrected chi connectivity index (χ1v) is 11.3. The van der Waals surface area contributed by atoms with E-state index in [9.17, 15) is 9.59 Å². The highest BCUT2D eigenvalue weighted by Crippen LogP contribution is 2.25. The van der Waals surface area contributed by atoms with E-state index in [1.807, 2.05) is 93.6 Å². The Hall–Kier alpha value is -3.60. The Balaban J connectivity index is 1.87. The monoisotopic (exact) mass is 444 g/mol. The lowest BCUT2D eigenvalue weighted by molar-refractivity contribution is -0.121. The van der Waals surface area contributed by atoms with Crippen molar-refractivity contribution in [3.8, 4) is 5.75 Å². The van der Waals surface area contributed by atoms with Gasteiger partial charge in [-0.1, -0.05) is 55.0 Å². The second-order valence-corrected chi connectivity index (χ2v) is 8.29. The second kappa shape index (κ2) is 11.3. The number of rotatable bonds is 9. The van der Waals surface area contributed by atoms with E-state index in [2.05, 4.69) is 5.32 Å². The van der Waals surface area contributed by atoms with Crippen LogP contribution < -0.4 is 15.0 Å². The Morgan fingerprint density at radius 2 is 1.64 bits per heavy atom. The van der Waals surface area contributed by atoms with Crippen LogP contribution in [-0.4, -0.2) is 25.0 Å². The lowest BCUT2D eigenvalue weighted by Gasteiger charge is -2.24. The zero-order chi connectivity index (χ0) is 23.8. The number of benzene rings is 3. The van der Waals surface area contributed by atoms with Gasteiger partial charge in [-0.3, -0.25) is 9.59 Å². The fourth-order valence-electron chi connectivity index (χ4n) is 3.54. The van der Waals surface area contributed by atoms with E-state index >= 15 is 0 Å². The molecule has 0 saturated carbocycles. The zero-order valence-electron chi connectivity index (χ0n) is 19.8. The largest absolute Gasteiger partial charge is 0.496 e. The zero-order valence-corrected chi connectivity index (χ0v) is 19.8. The fraction of sp³-hybridized carbons (Fsp3) is 0.286. The van der Waals surface area contributed by atoms with Crippen LogP contribution in [0.3, 0.4) is 0 Å². The number of ether oxygens (including phenoxy) is 1. The smallest absolute Gasteiger partial charge is 0.258 e. The molecular weight excluding hydrogens is 412 g/mol. The summed E-state index contributed by atoms with van der Waals surface area (Å²) in [5.41, 5.74) is 4.30. The number of para-hydroxylation sites is 1. The van der Waals surface area contributed by atoms with Gasteiger partial charge in [-0.05, 0) is 56.2 Å². The van der Waals surface area contributed by atoms with E-state index < -0.39 is 0 Å². The molecule has 0 aliphatic heterocycles. The van der Waals surface area contributed by atoms with Gasteiger partial charge in [0.15, 0.2) is 0 Å². The molecule has 2 amide bonds. The average molecular weight is 445 g/mol. The lowest BCUT2D eigenvalue weighted by Crippen LogP contribution is -2.33. The molecule has 172 valence electrons. The molecule has 5 heteroatoms. The summed E-state index contributed by atoms with van der Waals surface area (Å²) >= 11 is 0. The minimum absolute atomic E-state index is 0.00119. The first kappa shape index (κ1) is 24.1. The highest BCUT2D eigenvalue weighted by Gasteiger charge is 2.20. The molecule has 3 aromatic rings. The van der Waals surface area contributed by atoms with Crippen LogP contribution in [0.25, 0.3) is 0 Å². The number of methoxy groups -OCH3 is 1. The van der Waals surface area contributed by atoms with E-state index in [1.54, 1.807) is 12.0 Å². The summed E-state index contributed by atoms with van der Waals surface area (Å²) in [5.74, 6) is 0.638. The molecule has 1 atom stereocenters. The van der Waals surface area contributed by atoms with Crippen LogP contribution in [0.4, 0.5) is 5.69 Å². The van der Waals surface area contributed by atoms with Crippen LogP contribution in [-0.2, 0) is 17.8 Å². The minimum atomic E-state index is -0.0943.